The Bertz CT molecular complexity index is 303. The lowest BCUT2D eigenvalue weighted by Crippen LogP contribution is -2.15. The number of hydrogen-bond donors (Lipinski definition) is 2. The normalized spacial score (nSPS) is 13.0. The first-order valence-corrected chi connectivity index (χ1v) is 5.13. The zero-order valence-corrected chi connectivity index (χ0v) is 9.46. The van der Waals surface area contributed by atoms with Crippen molar-refractivity contribution in [3.8, 4) is 0 Å². The molecule has 2 heteroatoms. The minimum Gasteiger partial charge on any atom is -0.383 e. The van der Waals surface area contributed by atoms with Gasteiger partial charge in [-0.1, -0.05) is 12.1 Å². The summed E-state index contributed by atoms with van der Waals surface area (Å²) in [6.45, 7) is 8.37. The topological polar surface area (TPSA) is 38.0 Å². The molecule has 0 bridgehead atoms. The third kappa shape index (κ3) is 2.74. The number of aryl methyl sites for hydroxylation is 1. The predicted molar refractivity (Wildman–Crippen MR) is 62.5 cm³/mol. The number of anilines is 1. The molecule has 78 valence electrons. The highest BCUT2D eigenvalue weighted by Gasteiger charge is 2.07. The van der Waals surface area contributed by atoms with E-state index < -0.39 is 0 Å². The highest BCUT2D eigenvalue weighted by molar-refractivity contribution is 5.54. The molecule has 0 spiro atoms. The van der Waals surface area contributed by atoms with E-state index in [0.29, 0.717) is 6.04 Å². The third-order valence-electron chi connectivity index (χ3n) is 2.14. The minimum atomic E-state index is 0.0804. The molecule has 0 saturated carbocycles. The van der Waals surface area contributed by atoms with Gasteiger partial charge in [0.25, 0.3) is 0 Å². The molecule has 1 rings (SSSR count). The van der Waals surface area contributed by atoms with Crippen LogP contribution < -0.4 is 11.1 Å². The van der Waals surface area contributed by atoms with E-state index in [-0.39, 0.29) is 6.04 Å². The molecule has 0 fully saturated rings. The van der Waals surface area contributed by atoms with E-state index in [0.717, 1.165) is 5.69 Å². The van der Waals surface area contributed by atoms with Crippen LogP contribution in [0.2, 0.25) is 0 Å². The molecule has 0 aromatic heterocycles. The molecule has 3 N–H and O–H groups in total. The first-order valence-electron chi connectivity index (χ1n) is 5.13. The van der Waals surface area contributed by atoms with Crippen LogP contribution in [0.3, 0.4) is 0 Å². The predicted octanol–water partition coefficient (Wildman–Crippen LogP) is 2.84. The van der Waals surface area contributed by atoms with Gasteiger partial charge in [-0.25, -0.2) is 0 Å². The maximum Gasteiger partial charge on any atom is 0.0393 e. The van der Waals surface area contributed by atoms with Gasteiger partial charge in [0.1, 0.15) is 0 Å². The highest BCUT2D eigenvalue weighted by atomic mass is 14.9. The van der Waals surface area contributed by atoms with Crippen molar-refractivity contribution in [1.29, 1.82) is 0 Å². The van der Waals surface area contributed by atoms with Crippen molar-refractivity contribution >= 4 is 5.69 Å². The van der Waals surface area contributed by atoms with E-state index in [1.807, 2.05) is 6.92 Å². The molecular formula is C12H20N2. The van der Waals surface area contributed by atoms with Crippen LogP contribution in [0.5, 0.6) is 0 Å². The first-order chi connectivity index (χ1) is 6.50. The summed E-state index contributed by atoms with van der Waals surface area (Å²) < 4.78 is 0. The first kappa shape index (κ1) is 11.1. The summed E-state index contributed by atoms with van der Waals surface area (Å²) in [6.07, 6.45) is 0. The lowest BCUT2D eigenvalue weighted by Gasteiger charge is -2.17. The Morgan fingerprint density at radius 1 is 1.21 bits per heavy atom. The molecule has 1 atom stereocenters. The van der Waals surface area contributed by atoms with Gasteiger partial charge >= 0.3 is 0 Å². The van der Waals surface area contributed by atoms with Crippen LogP contribution in [-0.2, 0) is 0 Å². The largest absolute Gasteiger partial charge is 0.383 e. The summed E-state index contributed by atoms with van der Waals surface area (Å²) in [5.41, 5.74) is 9.51. The van der Waals surface area contributed by atoms with Crippen LogP contribution in [0.15, 0.2) is 18.2 Å². The van der Waals surface area contributed by atoms with Gasteiger partial charge in [-0.3, -0.25) is 0 Å². The average Bonchev–Trinajstić information content (AvgIpc) is 2.01. The summed E-state index contributed by atoms with van der Waals surface area (Å²) in [5.74, 6) is 0. The fourth-order valence-electron chi connectivity index (χ4n) is 1.50. The van der Waals surface area contributed by atoms with Gasteiger partial charge < -0.3 is 11.1 Å². The van der Waals surface area contributed by atoms with Crippen LogP contribution in [0, 0.1) is 6.92 Å². The van der Waals surface area contributed by atoms with E-state index in [2.05, 4.69) is 44.3 Å². The molecule has 0 aliphatic heterocycles. The maximum atomic E-state index is 5.90. The average molecular weight is 192 g/mol. The Labute approximate surface area is 86.5 Å². The van der Waals surface area contributed by atoms with Crippen molar-refractivity contribution in [2.75, 3.05) is 5.32 Å². The molecule has 0 saturated heterocycles. The molecule has 0 aliphatic rings. The Morgan fingerprint density at radius 2 is 1.86 bits per heavy atom. The van der Waals surface area contributed by atoms with E-state index >= 15 is 0 Å². The monoisotopic (exact) mass is 192 g/mol. The number of rotatable bonds is 3. The Kier molecular flexibility index (Phi) is 3.53. The fourth-order valence-corrected chi connectivity index (χ4v) is 1.50. The van der Waals surface area contributed by atoms with Gasteiger partial charge in [-0.15, -0.1) is 0 Å². The van der Waals surface area contributed by atoms with Crippen molar-refractivity contribution in [2.24, 2.45) is 5.73 Å². The number of hydrogen-bond acceptors (Lipinski definition) is 2. The van der Waals surface area contributed by atoms with Gasteiger partial charge in [-0.2, -0.15) is 0 Å². The molecule has 2 nitrogen and oxygen atoms in total. The van der Waals surface area contributed by atoms with E-state index in [1.54, 1.807) is 0 Å². The van der Waals surface area contributed by atoms with Gasteiger partial charge in [0.05, 0.1) is 0 Å². The molecule has 14 heavy (non-hydrogen) atoms. The fraction of sp³-hybridized carbons (Fsp3) is 0.500. The summed E-state index contributed by atoms with van der Waals surface area (Å²) >= 11 is 0. The lowest BCUT2D eigenvalue weighted by atomic mass is 10.0. The van der Waals surface area contributed by atoms with Crippen molar-refractivity contribution < 1.29 is 0 Å². The summed E-state index contributed by atoms with van der Waals surface area (Å²) in [4.78, 5) is 0. The third-order valence-corrected chi connectivity index (χ3v) is 2.14. The van der Waals surface area contributed by atoms with Crippen molar-refractivity contribution in [3.05, 3.63) is 29.3 Å². The Balaban J connectivity index is 3.03. The van der Waals surface area contributed by atoms with E-state index in [4.69, 9.17) is 5.73 Å². The zero-order chi connectivity index (χ0) is 10.7. The maximum absolute atomic E-state index is 5.90. The Morgan fingerprint density at radius 3 is 2.36 bits per heavy atom. The second kappa shape index (κ2) is 4.47. The van der Waals surface area contributed by atoms with Gasteiger partial charge in [0, 0.05) is 17.8 Å². The second-order valence-corrected chi connectivity index (χ2v) is 4.18. The highest BCUT2D eigenvalue weighted by Crippen LogP contribution is 2.23. The standard InChI is InChI=1S/C12H20N2/c1-8(2)14-12-7-9(3)5-6-11(12)10(4)13/h5-8,10,14H,13H2,1-4H3/t10-/m1/s1. The molecule has 0 unspecified atom stereocenters. The zero-order valence-electron chi connectivity index (χ0n) is 9.46. The van der Waals surface area contributed by atoms with Gasteiger partial charge in [0.15, 0.2) is 0 Å². The van der Waals surface area contributed by atoms with Crippen LogP contribution in [-0.4, -0.2) is 6.04 Å². The van der Waals surface area contributed by atoms with Crippen molar-refractivity contribution in [3.63, 3.8) is 0 Å². The number of nitrogens with one attached hydrogen (secondary N) is 1. The SMILES string of the molecule is Cc1ccc([C@@H](C)N)c(NC(C)C)c1. The smallest absolute Gasteiger partial charge is 0.0393 e. The van der Waals surface area contributed by atoms with Crippen molar-refractivity contribution in [1.82, 2.24) is 0 Å². The molecule has 0 radical (unpaired) electrons. The van der Waals surface area contributed by atoms with Crippen molar-refractivity contribution in [2.45, 2.75) is 39.8 Å². The second-order valence-electron chi connectivity index (χ2n) is 4.18. The molecule has 0 heterocycles. The van der Waals surface area contributed by atoms with Crippen LogP contribution in [0.4, 0.5) is 5.69 Å². The molecule has 0 aliphatic carbocycles. The number of nitrogens with two attached hydrogens (primary N) is 1. The van der Waals surface area contributed by atoms with Crippen LogP contribution >= 0.6 is 0 Å². The molecule has 0 amide bonds. The quantitative estimate of drug-likeness (QED) is 0.772. The molecular weight excluding hydrogens is 172 g/mol. The minimum absolute atomic E-state index is 0.0804. The molecule has 1 aromatic rings. The summed E-state index contributed by atoms with van der Waals surface area (Å²) in [6, 6.07) is 6.87. The van der Waals surface area contributed by atoms with E-state index in [1.165, 1.54) is 11.1 Å². The summed E-state index contributed by atoms with van der Waals surface area (Å²) in [7, 11) is 0. The lowest BCUT2D eigenvalue weighted by molar-refractivity contribution is 0.809. The van der Waals surface area contributed by atoms with Crippen LogP contribution in [0.1, 0.15) is 37.9 Å². The van der Waals surface area contributed by atoms with Gasteiger partial charge in [-0.05, 0) is 44.9 Å². The Hall–Kier alpha value is -1.02. The molecule has 1 aromatic carbocycles. The summed E-state index contributed by atoms with van der Waals surface area (Å²) in [5, 5.41) is 3.42. The number of benzene rings is 1. The van der Waals surface area contributed by atoms with Gasteiger partial charge in [0.2, 0.25) is 0 Å². The van der Waals surface area contributed by atoms with Crippen LogP contribution in [0.25, 0.3) is 0 Å². The van der Waals surface area contributed by atoms with E-state index in [9.17, 15) is 0 Å².